The van der Waals surface area contributed by atoms with Gasteiger partial charge in [0.2, 0.25) is 5.91 Å². The quantitative estimate of drug-likeness (QED) is 0.842. The van der Waals surface area contributed by atoms with E-state index in [1.54, 1.807) is 6.07 Å². The van der Waals surface area contributed by atoms with Crippen LogP contribution in [0.4, 0.5) is 0 Å². The van der Waals surface area contributed by atoms with Crippen LogP contribution in [0.25, 0.3) is 0 Å². The van der Waals surface area contributed by atoms with E-state index < -0.39 is 6.04 Å². The van der Waals surface area contributed by atoms with Gasteiger partial charge in [-0.25, -0.2) is 0 Å². The first-order chi connectivity index (χ1) is 10.1. The Morgan fingerprint density at radius 2 is 2.29 bits per heavy atom. The number of amides is 2. The third-order valence-electron chi connectivity index (χ3n) is 3.51. The number of carbonyl (C=O) groups excluding carboxylic acids is 2. The second kappa shape index (κ2) is 7.56. The Balaban J connectivity index is 1.88. The number of hydrogen-bond acceptors (Lipinski definition) is 4. The molecule has 1 aliphatic heterocycles. The Labute approximate surface area is 129 Å². The highest BCUT2D eigenvalue weighted by Gasteiger charge is 2.26. The molecule has 2 unspecified atom stereocenters. The second-order valence-corrected chi connectivity index (χ2v) is 6.50. The third kappa shape index (κ3) is 4.54. The van der Waals surface area contributed by atoms with E-state index in [-0.39, 0.29) is 23.8 Å². The van der Waals surface area contributed by atoms with Gasteiger partial charge in [-0.3, -0.25) is 9.59 Å². The summed E-state index contributed by atoms with van der Waals surface area (Å²) in [7, 11) is 0. The first-order valence-electron chi connectivity index (χ1n) is 7.31. The largest absolute Gasteiger partial charge is 0.376 e. The first kappa shape index (κ1) is 16.0. The van der Waals surface area contributed by atoms with Crippen molar-refractivity contribution in [3.05, 3.63) is 22.4 Å². The van der Waals surface area contributed by atoms with Crippen LogP contribution in [0.5, 0.6) is 0 Å². The maximum Gasteiger partial charge on any atom is 0.262 e. The SMILES string of the molecule is CC(C)C(NC(=O)c1cccs1)C(=O)NCC1CCCO1. The Bertz CT molecular complexity index is 467. The molecule has 1 fully saturated rings. The minimum Gasteiger partial charge on any atom is -0.376 e. The van der Waals surface area contributed by atoms with Gasteiger partial charge < -0.3 is 15.4 Å². The monoisotopic (exact) mass is 310 g/mol. The summed E-state index contributed by atoms with van der Waals surface area (Å²) in [4.78, 5) is 25.0. The predicted octanol–water partition coefficient (Wildman–Crippen LogP) is 1.80. The molecule has 1 saturated heterocycles. The molecule has 0 aromatic carbocycles. The maximum atomic E-state index is 12.3. The van der Waals surface area contributed by atoms with Crippen LogP contribution in [-0.4, -0.2) is 37.1 Å². The van der Waals surface area contributed by atoms with Crippen LogP contribution in [0.1, 0.15) is 36.4 Å². The molecule has 0 spiro atoms. The van der Waals surface area contributed by atoms with Gasteiger partial charge in [0.1, 0.15) is 6.04 Å². The molecule has 116 valence electrons. The molecule has 1 aliphatic rings. The fraction of sp³-hybridized carbons (Fsp3) is 0.600. The smallest absolute Gasteiger partial charge is 0.262 e. The summed E-state index contributed by atoms with van der Waals surface area (Å²) in [6.45, 7) is 5.12. The molecule has 1 aromatic heterocycles. The summed E-state index contributed by atoms with van der Waals surface area (Å²) in [6, 6.07) is 3.05. The fourth-order valence-electron chi connectivity index (χ4n) is 2.28. The molecule has 0 radical (unpaired) electrons. The molecule has 0 aliphatic carbocycles. The zero-order valence-electron chi connectivity index (χ0n) is 12.4. The van der Waals surface area contributed by atoms with Crippen molar-refractivity contribution in [2.75, 3.05) is 13.2 Å². The van der Waals surface area contributed by atoms with Crippen LogP contribution >= 0.6 is 11.3 Å². The number of hydrogen-bond donors (Lipinski definition) is 2. The second-order valence-electron chi connectivity index (χ2n) is 5.55. The predicted molar refractivity (Wildman–Crippen MR) is 82.4 cm³/mol. The Morgan fingerprint density at radius 1 is 1.48 bits per heavy atom. The van der Waals surface area contributed by atoms with Crippen molar-refractivity contribution in [2.45, 2.75) is 38.8 Å². The minimum atomic E-state index is -0.527. The molecule has 2 amide bonds. The number of ether oxygens (including phenoxy) is 1. The van der Waals surface area contributed by atoms with Crippen molar-refractivity contribution in [1.82, 2.24) is 10.6 Å². The molecule has 0 bridgehead atoms. The molecule has 6 heteroatoms. The molecule has 5 nitrogen and oxygen atoms in total. The molecule has 2 heterocycles. The van der Waals surface area contributed by atoms with Gasteiger partial charge in [0, 0.05) is 13.2 Å². The lowest BCUT2D eigenvalue weighted by atomic mass is 10.0. The van der Waals surface area contributed by atoms with E-state index in [1.807, 2.05) is 25.3 Å². The summed E-state index contributed by atoms with van der Waals surface area (Å²) in [5.74, 6) is -0.320. The molecule has 1 aromatic rings. The van der Waals surface area contributed by atoms with Crippen molar-refractivity contribution in [2.24, 2.45) is 5.92 Å². The maximum absolute atomic E-state index is 12.3. The molecule has 2 rings (SSSR count). The van der Waals surface area contributed by atoms with Gasteiger partial charge in [-0.05, 0) is 30.2 Å². The van der Waals surface area contributed by atoms with Gasteiger partial charge in [-0.2, -0.15) is 0 Å². The average molecular weight is 310 g/mol. The molecule has 0 saturated carbocycles. The zero-order valence-corrected chi connectivity index (χ0v) is 13.2. The lowest BCUT2D eigenvalue weighted by Crippen LogP contribution is -2.50. The van der Waals surface area contributed by atoms with Crippen LogP contribution in [0.3, 0.4) is 0 Å². The summed E-state index contributed by atoms with van der Waals surface area (Å²) >= 11 is 1.37. The summed E-state index contributed by atoms with van der Waals surface area (Å²) < 4.78 is 5.48. The number of thiophene rings is 1. The van der Waals surface area contributed by atoms with E-state index >= 15 is 0 Å². The van der Waals surface area contributed by atoms with E-state index in [0.29, 0.717) is 11.4 Å². The van der Waals surface area contributed by atoms with Gasteiger partial charge in [0.05, 0.1) is 11.0 Å². The lowest BCUT2D eigenvalue weighted by Gasteiger charge is -2.22. The van der Waals surface area contributed by atoms with Crippen molar-refractivity contribution in [3.8, 4) is 0 Å². The van der Waals surface area contributed by atoms with Crippen molar-refractivity contribution in [3.63, 3.8) is 0 Å². The van der Waals surface area contributed by atoms with Crippen LogP contribution in [0.2, 0.25) is 0 Å². The number of rotatable bonds is 6. The average Bonchev–Trinajstić information content (AvgIpc) is 3.13. The van der Waals surface area contributed by atoms with Crippen LogP contribution < -0.4 is 10.6 Å². The van der Waals surface area contributed by atoms with Gasteiger partial charge in [0.15, 0.2) is 0 Å². The molecule has 21 heavy (non-hydrogen) atoms. The highest BCUT2D eigenvalue weighted by atomic mass is 32.1. The van der Waals surface area contributed by atoms with E-state index in [2.05, 4.69) is 10.6 Å². The molecule has 2 N–H and O–H groups in total. The van der Waals surface area contributed by atoms with E-state index in [9.17, 15) is 9.59 Å². The fourth-order valence-corrected chi connectivity index (χ4v) is 2.91. The van der Waals surface area contributed by atoms with Gasteiger partial charge in [-0.1, -0.05) is 19.9 Å². The third-order valence-corrected chi connectivity index (χ3v) is 4.38. The van der Waals surface area contributed by atoms with Crippen LogP contribution in [-0.2, 0) is 9.53 Å². The Hall–Kier alpha value is -1.40. The summed E-state index contributed by atoms with van der Waals surface area (Å²) in [6.07, 6.45) is 2.13. The number of nitrogens with one attached hydrogen (secondary N) is 2. The zero-order chi connectivity index (χ0) is 15.2. The summed E-state index contributed by atoms with van der Waals surface area (Å²) in [5, 5.41) is 7.54. The lowest BCUT2D eigenvalue weighted by molar-refractivity contribution is -0.124. The van der Waals surface area contributed by atoms with Crippen LogP contribution in [0.15, 0.2) is 17.5 Å². The highest BCUT2D eigenvalue weighted by molar-refractivity contribution is 7.12. The minimum absolute atomic E-state index is 0.0263. The Morgan fingerprint density at radius 3 is 2.86 bits per heavy atom. The van der Waals surface area contributed by atoms with Crippen molar-refractivity contribution < 1.29 is 14.3 Å². The molecule has 2 atom stereocenters. The van der Waals surface area contributed by atoms with Gasteiger partial charge >= 0.3 is 0 Å². The topological polar surface area (TPSA) is 67.4 Å². The molecular formula is C15H22N2O3S. The normalized spacial score (nSPS) is 19.5. The van der Waals surface area contributed by atoms with Crippen molar-refractivity contribution in [1.29, 1.82) is 0 Å². The van der Waals surface area contributed by atoms with E-state index in [4.69, 9.17) is 4.74 Å². The Kier molecular flexibility index (Phi) is 5.76. The van der Waals surface area contributed by atoms with E-state index in [1.165, 1.54) is 11.3 Å². The van der Waals surface area contributed by atoms with Crippen LogP contribution in [0, 0.1) is 5.92 Å². The van der Waals surface area contributed by atoms with Gasteiger partial charge in [-0.15, -0.1) is 11.3 Å². The standard InChI is InChI=1S/C15H22N2O3S/c1-10(2)13(17-14(18)12-6-4-8-21-12)15(19)16-9-11-5-3-7-20-11/h4,6,8,10-11,13H,3,5,7,9H2,1-2H3,(H,16,19)(H,17,18). The van der Waals surface area contributed by atoms with Gasteiger partial charge in [0.25, 0.3) is 5.91 Å². The van der Waals surface area contributed by atoms with E-state index in [0.717, 1.165) is 19.4 Å². The highest BCUT2D eigenvalue weighted by Crippen LogP contribution is 2.12. The molecular weight excluding hydrogens is 288 g/mol. The van der Waals surface area contributed by atoms with Crippen molar-refractivity contribution >= 4 is 23.2 Å². The first-order valence-corrected chi connectivity index (χ1v) is 8.19. The number of carbonyl (C=O) groups is 2. The summed E-state index contributed by atoms with van der Waals surface area (Å²) in [5.41, 5.74) is 0.